The molecule has 1 aliphatic rings. The number of benzene rings is 1. The van der Waals surface area contributed by atoms with Crippen LogP contribution < -0.4 is 15.5 Å². The molecule has 1 aliphatic heterocycles. The molecule has 4 heterocycles. The molecule has 4 aromatic rings. The van der Waals surface area contributed by atoms with Crippen molar-refractivity contribution in [3.05, 3.63) is 89.5 Å². The van der Waals surface area contributed by atoms with Gasteiger partial charge in [-0.05, 0) is 75.0 Å². The number of carbonyl (C=O) groups is 1. The monoisotopic (exact) mass is 514 g/mol. The van der Waals surface area contributed by atoms with E-state index in [0.29, 0.717) is 5.11 Å². The van der Waals surface area contributed by atoms with Gasteiger partial charge >= 0.3 is 0 Å². The Hall–Kier alpha value is -4.05. The van der Waals surface area contributed by atoms with Crippen LogP contribution in [0.5, 0.6) is 0 Å². The number of hydrogen-bond donors (Lipinski definition) is 2. The van der Waals surface area contributed by atoms with Gasteiger partial charge in [-0.2, -0.15) is 0 Å². The molecule has 37 heavy (non-hydrogen) atoms. The summed E-state index contributed by atoms with van der Waals surface area (Å²) in [6, 6.07) is 13.8. The van der Waals surface area contributed by atoms with Gasteiger partial charge in [0.1, 0.15) is 12.7 Å². The number of aryl methyl sites for hydroxylation is 2. The summed E-state index contributed by atoms with van der Waals surface area (Å²) in [5, 5.41) is 15.1. The number of anilines is 2. The summed E-state index contributed by atoms with van der Waals surface area (Å²) in [6.45, 7) is 9.91. The van der Waals surface area contributed by atoms with Crippen LogP contribution in [0.15, 0.2) is 61.3 Å². The van der Waals surface area contributed by atoms with Crippen molar-refractivity contribution in [3.63, 3.8) is 0 Å². The maximum atomic E-state index is 12.3. The molecule has 0 spiro atoms. The van der Waals surface area contributed by atoms with Crippen LogP contribution in [0.4, 0.5) is 11.4 Å². The molecule has 5 rings (SSSR count). The summed E-state index contributed by atoms with van der Waals surface area (Å²) in [5.41, 5.74) is 6.82. The summed E-state index contributed by atoms with van der Waals surface area (Å²) in [6.07, 6.45) is 5.17. The van der Waals surface area contributed by atoms with E-state index in [1.807, 2.05) is 55.8 Å². The van der Waals surface area contributed by atoms with E-state index in [4.69, 9.17) is 12.2 Å². The van der Waals surface area contributed by atoms with Gasteiger partial charge in [0, 0.05) is 40.4 Å². The van der Waals surface area contributed by atoms with Gasteiger partial charge in [0.2, 0.25) is 5.91 Å². The highest BCUT2D eigenvalue weighted by Gasteiger charge is 2.42. The van der Waals surface area contributed by atoms with E-state index in [9.17, 15) is 4.79 Å². The number of amides is 1. The fourth-order valence-electron chi connectivity index (χ4n) is 4.89. The molecule has 10 heteroatoms. The van der Waals surface area contributed by atoms with E-state index < -0.39 is 0 Å². The summed E-state index contributed by atoms with van der Waals surface area (Å²) in [5.74, 6) is -0.109. The fourth-order valence-corrected chi connectivity index (χ4v) is 5.24. The number of thiocarbonyl (C=S) groups is 1. The smallest absolute Gasteiger partial charge is 0.226 e. The van der Waals surface area contributed by atoms with Gasteiger partial charge in [-0.3, -0.25) is 14.5 Å². The van der Waals surface area contributed by atoms with Crippen LogP contribution in [-0.4, -0.2) is 35.6 Å². The molecule has 0 saturated carbocycles. The van der Waals surface area contributed by atoms with Crippen molar-refractivity contribution in [3.8, 4) is 0 Å². The molecular weight excluding hydrogens is 484 g/mol. The van der Waals surface area contributed by atoms with Gasteiger partial charge in [0.05, 0.1) is 17.8 Å². The number of pyridine rings is 1. The highest BCUT2D eigenvalue weighted by Crippen LogP contribution is 2.43. The predicted molar refractivity (Wildman–Crippen MR) is 147 cm³/mol. The topological polar surface area (TPSA) is 92.9 Å². The number of nitrogens with zero attached hydrogens (tertiary/aromatic N) is 6. The Balaban J connectivity index is 1.61. The van der Waals surface area contributed by atoms with Crippen LogP contribution in [-0.2, 0) is 4.79 Å². The zero-order valence-electron chi connectivity index (χ0n) is 21.5. The first-order chi connectivity index (χ1) is 17.8. The maximum absolute atomic E-state index is 12.3. The Morgan fingerprint density at radius 2 is 1.84 bits per heavy atom. The zero-order chi connectivity index (χ0) is 26.3. The van der Waals surface area contributed by atoms with Crippen LogP contribution in [0.25, 0.3) is 0 Å². The van der Waals surface area contributed by atoms with Crippen molar-refractivity contribution in [2.45, 2.75) is 46.7 Å². The van der Waals surface area contributed by atoms with Crippen molar-refractivity contribution in [1.82, 2.24) is 29.9 Å². The summed E-state index contributed by atoms with van der Waals surface area (Å²) < 4.78 is 3.95. The molecule has 1 amide bonds. The molecule has 1 aromatic carbocycles. The van der Waals surface area contributed by atoms with Crippen molar-refractivity contribution < 1.29 is 4.79 Å². The van der Waals surface area contributed by atoms with Gasteiger partial charge in [-0.15, -0.1) is 10.2 Å². The molecule has 1 fully saturated rings. The van der Waals surface area contributed by atoms with Gasteiger partial charge < -0.3 is 15.5 Å². The molecule has 2 N–H and O–H groups in total. The van der Waals surface area contributed by atoms with Gasteiger partial charge in [-0.25, -0.2) is 4.68 Å². The first kappa shape index (κ1) is 24.6. The van der Waals surface area contributed by atoms with E-state index in [1.54, 1.807) is 18.9 Å². The second-order valence-electron chi connectivity index (χ2n) is 9.62. The number of hydrogen-bond acceptors (Lipinski definition) is 5. The highest BCUT2D eigenvalue weighted by molar-refractivity contribution is 7.80. The number of aromatic nitrogens is 5. The molecule has 190 valence electrons. The van der Waals surface area contributed by atoms with E-state index >= 15 is 0 Å². The number of carbonyl (C=O) groups excluding carboxylic acids is 1. The summed E-state index contributed by atoms with van der Waals surface area (Å²) in [4.78, 5) is 19.1. The van der Waals surface area contributed by atoms with Gasteiger partial charge in [0.15, 0.2) is 5.11 Å². The van der Waals surface area contributed by atoms with Crippen LogP contribution in [0.2, 0.25) is 0 Å². The predicted octanol–water partition coefficient (Wildman–Crippen LogP) is 4.48. The Labute approximate surface area is 221 Å². The van der Waals surface area contributed by atoms with Crippen LogP contribution in [0.3, 0.4) is 0 Å². The van der Waals surface area contributed by atoms with Crippen molar-refractivity contribution in [2.75, 3.05) is 10.2 Å². The first-order valence-electron chi connectivity index (χ1n) is 12.2. The first-order valence-corrected chi connectivity index (χ1v) is 12.6. The Morgan fingerprint density at radius 3 is 2.49 bits per heavy atom. The molecule has 0 aliphatic carbocycles. The quantitative estimate of drug-likeness (QED) is 0.367. The third-order valence-corrected chi connectivity index (χ3v) is 7.07. The number of rotatable bonds is 6. The molecule has 9 nitrogen and oxygen atoms in total. The zero-order valence-corrected chi connectivity index (χ0v) is 22.3. The lowest BCUT2D eigenvalue weighted by Gasteiger charge is -2.29. The minimum Gasteiger partial charge on any atom is -0.351 e. The Kier molecular flexibility index (Phi) is 6.51. The standard InChI is InChI=1S/C27H30N8OS/c1-16(2)26(36)31-22-10-9-20(12-17(22)3)34-25(24(32-27(34)37)23-8-6-7-11-28-23)21-13-18(4)35(19(21)5)33-14-29-30-15-33/h6-16,24-25H,1-5H3,(H,31,36)(H,32,37)/t24-,25+/m0/s1. The van der Waals surface area contributed by atoms with Crippen molar-refractivity contribution in [1.29, 1.82) is 0 Å². The number of nitrogens with one attached hydrogen (secondary N) is 2. The lowest BCUT2D eigenvalue weighted by atomic mass is 9.96. The molecule has 0 radical (unpaired) electrons. The van der Waals surface area contributed by atoms with Crippen LogP contribution in [0, 0.1) is 26.7 Å². The fraction of sp³-hybridized carbons (Fsp3) is 0.296. The summed E-state index contributed by atoms with van der Waals surface area (Å²) >= 11 is 5.90. The molecule has 0 unspecified atom stereocenters. The average Bonchev–Trinajstić information content (AvgIpc) is 3.58. The molecule has 0 bridgehead atoms. The van der Waals surface area contributed by atoms with Gasteiger partial charge in [-0.1, -0.05) is 19.9 Å². The molecule has 3 aromatic heterocycles. The van der Waals surface area contributed by atoms with Gasteiger partial charge in [0.25, 0.3) is 0 Å². The van der Waals surface area contributed by atoms with E-state index in [1.165, 1.54) is 0 Å². The second kappa shape index (κ2) is 9.78. The molecular formula is C27H30N8OS. The van der Waals surface area contributed by atoms with Crippen molar-refractivity contribution in [2.24, 2.45) is 5.92 Å². The summed E-state index contributed by atoms with van der Waals surface area (Å²) in [7, 11) is 0. The highest BCUT2D eigenvalue weighted by atomic mass is 32.1. The van der Waals surface area contributed by atoms with E-state index in [-0.39, 0.29) is 23.9 Å². The third kappa shape index (κ3) is 4.48. The second-order valence-corrected chi connectivity index (χ2v) is 10.0. The minimum atomic E-state index is -0.163. The maximum Gasteiger partial charge on any atom is 0.226 e. The Bertz CT molecular complexity index is 1440. The third-order valence-electron chi connectivity index (χ3n) is 6.76. The lowest BCUT2D eigenvalue weighted by Crippen LogP contribution is -2.29. The largest absolute Gasteiger partial charge is 0.351 e. The normalized spacial score (nSPS) is 17.4. The van der Waals surface area contributed by atoms with E-state index in [0.717, 1.165) is 39.6 Å². The SMILES string of the molecule is Cc1cc(N2C(=S)N[C@@H](c3ccccn3)[C@H]2c2cc(C)n(-n3cnnc3)c2C)ccc1NC(=O)C(C)C. The Morgan fingerprint density at radius 1 is 1.08 bits per heavy atom. The average molecular weight is 515 g/mol. The minimum absolute atomic E-state index is 0.0104. The van der Waals surface area contributed by atoms with E-state index in [2.05, 4.69) is 61.4 Å². The lowest BCUT2D eigenvalue weighted by molar-refractivity contribution is -0.118. The van der Waals surface area contributed by atoms with Crippen LogP contribution >= 0.6 is 12.2 Å². The molecule has 2 atom stereocenters. The van der Waals surface area contributed by atoms with Crippen molar-refractivity contribution >= 4 is 34.6 Å². The van der Waals surface area contributed by atoms with Crippen LogP contribution in [0.1, 0.15) is 54.1 Å². The molecule has 1 saturated heterocycles.